The Morgan fingerprint density at radius 3 is 1.91 bits per heavy atom. The Morgan fingerprint density at radius 1 is 1.36 bits per heavy atom. The van der Waals surface area contributed by atoms with Crippen LogP contribution in [0.1, 0.15) is 34.1 Å². The molecule has 0 spiro atoms. The fraction of sp³-hybridized carbons (Fsp3) is 1.00. The van der Waals surface area contributed by atoms with E-state index in [1.165, 1.54) is 13.0 Å². The largest absolute Gasteiger partial charge is 0.319 e. The highest BCUT2D eigenvalue weighted by molar-refractivity contribution is 5.11. The molecule has 0 amide bonds. The van der Waals surface area contributed by atoms with Gasteiger partial charge in [-0.15, -0.1) is 0 Å². The van der Waals surface area contributed by atoms with Crippen LogP contribution in [0.5, 0.6) is 0 Å². The molecule has 0 heterocycles. The maximum absolute atomic E-state index is 3.31. The second-order valence-electron chi connectivity index (χ2n) is 4.90. The van der Waals surface area contributed by atoms with Crippen LogP contribution in [0.4, 0.5) is 0 Å². The van der Waals surface area contributed by atoms with Gasteiger partial charge in [0.15, 0.2) is 0 Å². The van der Waals surface area contributed by atoms with Gasteiger partial charge in [-0.25, -0.2) is 0 Å². The molecule has 11 heavy (non-hydrogen) atoms. The highest BCUT2D eigenvalue weighted by Crippen LogP contribution is 2.66. The molecular formula is C10H21N. The van der Waals surface area contributed by atoms with Gasteiger partial charge in [0.25, 0.3) is 0 Å². The quantitative estimate of drug-likeness (QED) is 0.659. The van der Waals surface area contributed by atoms with Crippen LogP contribution in [0.3, 0.4) is 0 Å². The van der Waals surface area contributed by atoms with Crippen LogP contribution in [0.25, 0.3) is 0 Å². The Balaban J connectivity index is 2.63. The van der Waals surface area contributed by atoms with Crippen molar-refractivity contribution in [1.29, 1.82) is 0 Å². The van der Waals surface area contributed by atoms with Crippen LogP contribution in [-0.4, -0.2) is 13.6 Å². The van der Waals surface area contributed by atoms with Crippen molar-refractivity contribution in [2.75, 3.05) is 13.6 Å². The van der Waals surface area contributed by atoms with E-state index in [2.05, 4.69) is 40.1 Å². The molecule has 1 saturated carbocycles. The minimum absolute atomic E-state index is 0.574. The summed E-state index contributed by atoms with van der Waals surface area (Å²) in [4.78, 5) is 0. The van der Waals surface area contributed by atoms with Crippen molar-refractivity contribution < 1.29 is 0 Å². The van der Waals surface area contributed by atoms with Crippen LogP contribution < -0.4 is 5.32 Å². The Hall–Kier alpha value is -0.0400. The predicted molar refractivity (Wildman–Crippen MR) is 49.6 cm³/mol. The van der Waals surface area contributed by atoms with Crippen molar-refractivity contribution in [3.05, 3.63) is 0 Å². The summed E-state index contributed by atoms with van der Waals surface area (Å²) >= 11 is 0. The molecule has 1 atom stereocenters. The summed E-state index contributed by atoms with van der Waals surface area (Å²) < 4.78 is 0. The Labute approximate surface area is 70.6 Å². The van der Waals surface area contributed by atoms with E-state index in [0.29, 0.717) is 10.8 Å². The molecule has 1 unspecified atom stereocenters. The molecule has 0 aromatic carbocycles. The smallest absolute Gasteiger partial charge is 0.00126 e. The van der Waals surface area contributed by atoms with Crippen LogP contribution >= 0.6 is 0 Å². The molecule has 0 bridgehead atoms. The second-order valence-corrected chi connectivity index (χ2v) is 4.90. The number of hydrogen-bond acceptors (Lipinski definition) is 1. The normalized spacial score (nSPS) is 34.4. The molecular weight excluding hydrogens is 134 g/mol. The van der Waals surface area contributed by atoms with Gasteiger partial charge in [-0.1, -0.05) is 27.7 Å². The third-order valence-electron chi connectivity index (χ3n) is 3.58. The van der Waals surface area contributed by atoms with Crippen molar-refractivity contribution in [2.24, 2.45) is 16.7 Å². The minimum Gasteiger partial charge on any atom is -0.319 e. The van der Waals surface area contributed by atoms with Crippen molar-refractivity contribution >= 4 is 0 Å². The number of rotatable bonds is 3. The van der Waals surface area contributed by atoms with E-state index in [0.717, 1.165) is 5.92 Å². The van der Waals surface area contributed by atoms with Crippen molar-refractivity contribution in [3.63, 3.8) is 0 Å². The standard InChI is InChI=1S/C10H21N/c1-8(2)10(7-11-5)6-9(10,3)4/h8,11H,6-7H2,1-5H3. The second kappa shape index (κ2) is 2.48. The Morgan fingerprint density at radius 2 is 1.82 bits per heavy atom. The Bertz CT molecular complexity index is 149. The van der Waals surface area contributed by atoms with Gasteiger partial charge < -0.3 is 5.32 Å². The summed E-state index contributed by atoms with van der Waals surface area (Å²) in [7, 11) is 2.05. The molecule has 0 saturated heterocycles. The van der Waals surface area contributed by atoms with Gasteiger partial charge in [0.2, 0.25) is 0 Å². The molecule has 1 N–H and O–H groups in total. The molecule has 1 aliphatic carbocycles. The predicted octanol–water partition coefficient (Wildman–Crippen LogP) is 2.28. The van der Waals surface area contributed by atoms with E-state index >= 15 is 0 Å². The molecule has 1 heteroatoms. The zero-order valence-corrected chi connectivity index (χ0v) is 8.49. The first-order chi connectivity index (χ1) is 4.96. The third-order valence-corrected chi connectivity index (χ3v) is 3.58. The van der Waals surface area contributed by atoms with Gasteiger partial charge in [-0.2, -0.15) is 0 Å². The first-order valence-electron chi connectivity index (χ1n) is 4.61. The SMILES string of the molecule is CNCC1(C(C)C)CC1(C)C. The lowest BCUT2D eigenvalue weighted by Gasteiger charge is -2.24. The topological polar surface area (TPSA) is 12.0 Å². The minimum atomic E-state index is 0.574. The van der Waals surface area contributed by atoms with E-state index in [4.69, 9.17) is 0 Å². The van der Waals surface area contributed by atoms with Gasteiger partial charge >= 0.3 is 0 Å². The summed E-state index contributed by atoms with van der Waals surface area (Å²) in [6.45, 7) is 10.6. The first kappa shape index (κ1) is 9.05. The van der Waals surface area contributed by atoms with Gasteiger partial charge in [-0.3, -0.25) is 0 Å². The molecule has 1 rings (SSSR count). The molecule has 1 aliphatic rings. The molecule has 0 aromatic heterocycles. The zero-order valence-electron chi connectivity index (χ0n) is 8.49. The van der Waals surface area contributed by atoms with E-state index in [1.54, 1.807) is 0 Å². The van der Waals surface area contributed by atoms with Crippen molar-refractivity contribution in [3.8, 4) is 0 Å². The lowest BCUT2D eigenvalue weighted by molar-refractivity contribution is 0.272. The van der Waals surface area contributed by atoms with Crippen LogP contribution in [0, 0.1) is 16.7 Å². The van der Waals surface area contributed by atoms with Crippen molar-refractivity contribution in [2.45, 2.75) is 34.1 Å². The highest BCUT2D eigenvalue weighted by atomic mass is 14.9. The maximum Gasteiger partial charge on any atom is 0.00126 e. The van der Waals surface area contributed by atoms with Gasteiger partial charge in [0.1, 0.15) is 0 Å². The summed E-state index contributed by atoms with van der Waals surface area (Å²) in [6, 6.07) is 0. The van der Waals surface area contributed by atoms with Gasteiger partial charge in [0, 0.05) is 6.54 Å². The van der Waals surface area contributed by atoms with E-state index in [1.807, 2.05) is 0 Å². The molecule has 1 fully saturated rings. The fourth-order valence-corrected chi connectivity index (χ4v) is 2.55. The highest BCUT2D eigenvalue weighted by Gasteiger charge is 2.61. The van der Waals surface area contributed by atoms with Gasteiger partial charge in [0.05, 0.1) is 0 Å². The van der Waals surface area contributed by atoms with Gasteiger partial charge in [-0.05, 0) is 30.2 Å². The fourth-order valence-electron chi connectivity index (χ4n) is 2.55. The van der Waals surface area contributed by atoms with E-state index < -0.39 is 0 Å². The number of nitrogens with one attached hydrogen (secondary N) is 1. The summed E-state index contributed by atoms with van der Waals surface area (Å²) in [5.41, 5.74) is 1.16. The third kappa shape index (κ3) is 1.20. The van der Waals surface area contributed by atoms with E-state index in [-0.39, 0.29) is 0 Å². The Kier molecular flexibility index (Phi) is 2.04. The number of hydrogen-bond donors (Lipinski definition) is 1. The average molecular weight is 155 g/mol. The maximum atomic E-state index is 3.31. The van der Waals surface area contributed by atoms with Crippen LogP contribution in [0.2, 0.25) is 0 Å². The lowest BCUT2D eigenvalue weighted by atomic mass is 9.85. The zero-order chi connectivity index (χ0) is 8.70. The van der Waals surface area contributed by atoms with E-state index in [9.17, 15) is 0 Å². The van der Waals surface area contributed by atoms with Crippen LogP contribution in [-0.2, 0) is 0 Å². The molecule has 1 nitrogen and oxygen atoms in total. The lowest BCUT2D eigenvalue weighted by Crippen LogP contribution is -2.28. The summed E-state index contributed by atoms with van der Waals surface area (Å²) in [5, 5.41) is 3.31. The molecule has 0 aliphatic heterocycles. The molecule has 0 aromatic rings. The van der Waals surface area contributed by atoms with Crippen LogP contribution in [0.15, 0.2) is 0 Å². The first-order valence-corrected chi connectivity index (χ1v) is 4.61. The summed E-state index contributed by atoms with van der Waals surface area (Å²) in [5.74, 6) is 0.810. The van der Waals surface area contributed by atoms with Crippen molar-refractivity contribution in [1.82, 2.24) is 5.32 Å². The average Bonchev–Trinajstić information content (AvgIpc) is 2.36. The summed E-state index contributed by atoms with van der Waals surface area (Å²) in [6.07, 6.45) is 1.39. The molecule has 0 radical (unpaired) electrons. The monoisotopic (exact) mass is 155 g/mol. The molecule has 66 valence electrons.